The van der Waals surface area contributed by atoms with Crippen LogP contribution in [0, 0.1) is 0 Å². The van der Waals surface area contributed by atoms with Crippen LogP contribution in [0.4, 0.5) is 0 Å². The molecular formula is C17H27N5. The van der Waals surface area contributed by atoms with Crippen LogP contribution in [0.15, 0.2) is 40.3 Å². The number of aryl methyl sites for hydroxylation is 1. The molecule has 0 N–H and O–H groups in total. The highest BCUT2D eigenvalue weighted by Crippen LogP contribution is 2.11. The molecule has 0 bridgehead atoms. The fourth-order valence-electron chi connectivity index (χ4n) is 2.66. The normalized spacial score (nSPS) is 17.9. The van der Waals surface area contributed by atoms with E-state index in [1.54, 1.807) is 0 Å². The number of guanidine groups is 2. The van der Waals surface area contributed by atoms with Gasteiger partial charge in [-0.3, -0.25) is 4.90 Å². The molecule has 2 rings (SSSR count). The first kappa shape index (κ1) is 16.3. The smallest absolute Gasteiger partial charge is 0.205 e. The topological polar surface area (TPSA) is 34.4 Å². The molecule has 5 nitrogen and oxygen atoms in total. The minimum Gasteiger partial charge on any atom is -0.349 e. The molecule has 1 unspecified atom stereocenters. The van der Waals surface area contributed by atoms with Gasteiger partial charge in [-0.15, -0.1) is 0 Å². The standard InChI is InChI=1S/C17H27N5/c1-14-18-16(20(2)3)22(5)17(19-14)21(4)13-9-12-15-10-7-6-8-11-15/h6-8,10-11,14H,9,12-13H2,1-5H3. The Labute approximate surface area is 134 Å². The Kier molecular flexibility index (Phi) is 5.41. The van der Waals surface area contributed by atoms with Crippen LogP contribution in [0.3, 0.4) is 0 Å². The molecule has 0 aromatic heterocycles. The molecule has 1 heterocycles. The lowest BCUT2D eigenvalue weighted by Gasteiger charge is -2.35. The summed E-state index contributed by atoms with van der Waals surface area (Å²) in [5, 5.41) is 0. The molecule has 0 amide bonds. The van der Waals surface area contributed by atoms with Crippen molar-refractivity contribution in [2.45, 2.75) is 25.9 Å². The third-order valence-electron chi connectivity index (χ3n) is 3.75. The second-order valence-corrected chi connectivity index (χ2v) is 5.95. The van der Waals surface area contributed by atoms with E-state index in [0.29, 0.717) is 0 Å². The van der Waals surface area contributed by atoms with Crippen molar-refractivity contribution in [3.8, 4) is 0 Å². The molecule has 1 aliphatic rings. The lowest BCUT2D eigenvalue weighted by molar-refractivity contribution is 0.404. The average Bonchev–Trinajstić information content (AvgIpc) is 2.50. The van der Waals surface area contributed by atoms with Gasteiger partial charge in [-0.25, -0.2) is 9.98 Å². The molecule has 0 fully saturated rings. The van der Waals surface area contributed by atoms with Crippen LogP contribution in [-0.2, 0) is 6.42 Å². The minimum absolute atomic E-state index is 0.0276. The SMILES string of the molecule is CC1N=C(N(C)C)N(C)C(N(C)CCCc2ccccc2)=N1. The molecular weight excluding hydrogens is 274 g/mol. The molecule has 0 aliphatic carbocycles. The third kappa shape index (κ3) is 4.00. The monoisotopic (exact) mass is 301 g/mol. The van der Waals surface area contributed by atoms with Crippen molar-refractivity contribution in [1.82, 2.24) is 14.7 Å². The molecule has 0 radical (unpaired) electrons. The Morgan fingerprint density at radius 1 is 1.05 bits per heavy atom. The summed E-state index contributed by atoms with van der Waals surface area (Å²) in [5.41, 5.74) is 1.39. The zero-order valence-electron chi connectivity index (χ0n) is 14.3. The molecule has 5 heteroatoms. The van der Waals surface area contributed by atoms with Gasteiger partial charge in [0.05, 0.1) is 0 Å². The molecule has 120 valence electrons. The molecule has 0 saturated carbocycles. The maximum absolute atomic E-state index is 4.68. The maximum atomic E-state index is 4.68. The Morgan fingerprint density at radius 2 is 1.68 bits per heavy atom. The van der Waals surface area contributed by atoms with Crippen molar-refractivity contribution < 1.29 is 0 Å². The second kappa shape index (κ2) is 7.29. The van der Waals surface area contributed by atoms with E-state index in [4.69, 9.17) is 0 Å². The summed E-state index contributed by atoms with van der Waals surface area (Å²) in [6.45, 7) is 3.00. The van der Waals surface area contributed by atoms with E-state index in [1.165, 1.54) is 5.56 Å². The van der Waals surface area contributed by atoms with E-state index in [0.717, 1.165) is 31.3 Å². The highest BCUT2D eigenvalue weighted by Gasteiger charge is 2.23. The summed E-state index contributed by atoms with van der Waals surface area (Å²) in [6, 6.07) is 10.6. The summed E-state index contributed by atoms with van der Waals surface area (Å²) >= 11 is 0. The predicted octanol–water partition coefficient (Wildman–Crippen LogP) is 2.12. The van der Waals surface area contributed by atoms with Gasteiger partial charge in [-0.1, -0.05) is 30.3 Å². The third-order valence-corrected chi connectivity index (χ3v) is 3.75. The number of aliphatic imine (C=N–C) groups is 2. The van der Waals surface area contributed by atoms with Gasteiger partial charge in [-0.05, 0) is 25.3 Å². The summed E-state index contributed by atoms with van der Waals surface area (Å²) in [7, 11) is 8.16. The van der Waals surface area contributed by atoms with Gasteiger partial charge in [0.15, 0.2) is 0 Å². The Hall–Kier alpha value is -2.04. The first-order chi connectivity index (χ1) is 10.5. The first-order valence-electron chi connectivity index (χ1n) is 7.80. The Bertz CT molecular complexity index is 535. The van der Waals surface area contributed by atoms with E-state index >= 15 is 0 Å². The van der Waals surface area contributed by atoms with Gasteiger partial charge in [-0.2, -0.15) is 0 Å². The van der Waals surface area contributed by atoms with Crippen molar-refractivity contribution in [2.24, 2.45) is 9.98 Å². The summed E-state index contributed by atoms with van der Waals surface area (Å²) in [5.74, 6) is 1.94. The van der Waals surface area contributed by atoms with Crippen molar-refractivity contribution in [3.05, 3.63) is 35.9 Å². The summed E-state index contributed by atoms with van der Waals surface area (Å²) in [4.78, 5) is 15.6. The zero-order valence-corrected chi connectivity index (χ0v) is 14.3. The number of rotatable bonds is 4. The van der Waals surface area contributed by atoms with Crippen LogP contribution in [0.1, 0.15) is 18.9 Å². The fourth-order valence-corrected chi connectivity index (χ4v) is 2.66. The van der Waals surface area contributed by atoms with Gasteiger partial charge >= 0.3 is 0 Å². The van der Waals surface area contributed by atoms with Crippen molar-refractivity contribution in [3.63, 3.8) is 0 Å². The maximum Gasteiger partial charge on any atom is 0.205 e. The summed E-state index contributed by atoms with van der Waals surface area (Å²) in [6.07, 6.45) is 2.17. The van der Waals surface area contributed by atoms with Crippen LogP contribution >= 0.6 is 0 Å². The quantitative estimate of drug-likeness (QED) is 0.854. The van der Waals surface area contributed by atoms with Gasteiger partial charge < -0.3 is 9.80 Å². The first-order valence-corrected chi connectivity index (χ1v) is 7.80. The van der Waals surface area contributed by atoms with Gasteiger partial charge in [0.2, 0.25) is 11.9 Å². The van der Waals surface area contributed by atoms with E-state index in [2.05, 4.69) is 57.2 Å². The van der Waals surface area contributed by atoms with Gasteiger partial charge in [0.1, 0.15) is 6.17 Å². The van der Waals surface area contributed by atoms with Crippen LogP contribution < -0.4 is 0 Å². The highest BCUT2D eigenvalue weighted by molar-refractivity contribution is 5.99. The van der Waals surface area contributed by atoms with Crippen LogP contribution in [-0.4, -0.2) is 67.5 Å². The second-order valence-electron chi connectivity index (χ2n) is 5.95. The Morgan fingerprint density at radius 3 is 2.32 bits per heavy atom. The lowest BCUT2D eigenvalue weighted by Crippen LogP contribution is -2.51. The largest absolute Gasteiger partial charge is 0.349 e. The molecule has 22 heavy (non-hydrogen) atoms. The molecule has 1 aliphatic heterocycles. The van der Waals surface area contributed by atoms with E-state index in [-0.39, 0.29) is 6.17 Å². The van der Waals surface area contributed by atoms with E-state index < -0.39 is 0 Å². The number of hydrogen-bond donors (Lipinski definition) is 0. The fraction of sp³-hybridized carbons (Fsp3) is 0.529. The predicted molar refractivity (Wildman–Crippen MR) is 93.2 cm³/mol. The summed E-state index contributed by atoms with van der Waals surface area (Å²) < 4.78 is 0. The van der Waals surface area contributed by atoms with Gasteiger partial charge in [0.25, 0.3) is 0 Å². The van der Waals surface area contributed by atoms with Crippen molar-refractivity contribution in [1.29, 1.82) is 0 Å². The number of hydrogen-bond acceptors (Lipinski definition) is 5. The molecule has 0 saturated heterocycles. The minimum atomic E-state index is -0.0276. The van der Waals surface area contributed by atoms with Gasteiger partial charge in [0, 0.05) is 34.7 Å². The molecule has 1 aromatic carbocycles. The molecule has 1 atom stereocenters. The molecule has 0 spiro atoms. The Balaban J connectivity index is 1.93. The van der Waals surface area contributed by atoms with Crippen molar-refractivity contribution >= 4 is 11.9 Å². The van der Waals surface area contributed by atoms with Crippen LogP contribution in [0.5, 0.6) is 0 Å². The van der Waals surface area contributed by atoms with E-state index in [1.807, 2.05) is 33.0 Å². The number of benzene rings is 1. The average molecular weight is 301 g/mol. The lowest BCUT2D eigenvalue weighted by atomic mass is 10.1. The number of nitrogens with zero attached hydrogens (tertiary/aromatic N) is 5. The van der Waals surface area contributed by atoms with Crippen LogP contribution in [0.25, 0.3) is 0 Å². The van der Waals surface area contributed by atoms with Crippen molar-refractivity contribution in [2.75, 3.05) is 34.7 Å². The highest BCUT2D eigenvalue weighted by atomic mass is 15.5. The van der Waals surface area contributed by atoms with E-state index in [9.17, 15) is 0 Å². The molecule has 1 aromatic rings. The van der Waals surface area contributed by atoms with Crippen LogP contribution in [0.2, 0.25) is 0 Å². The zero-order chi connectivity index (χ0) is 16.1.